The monoisotopic (exact) mass is 344 g/mol. The molecule has 0 bridgehead atoms. The molecule has 0 radical (unpaired) electrons. The molecule has 0 spiro atoms. The maximum atomic E-state index is 12.2. The number of phenolic OH excluding ortho intramolecular Hbond substituents is 3. The summed E-state index contributed by atoms with van der Waals surface area (Å²) in [6.45, 7) is 0. The van der Waals surface area contributed by atoms with Gasteiger partial charge in [0.25, 0.3) is 0 Å². The van der Waals surface area contributed by atoms with E-state index < -0.39 is 6.10 Å². The summed E-state index contributed by atoms with van der Waals surface area (Å²) in [4.78, 5) is 12.2. The molecule has 1 atom stereocenters. The van der Waals surface area contributed by atoms with E-state index in [1.165, 1.54) is 19.2 Å². The zero-order valence-corrected chi connectivity index (χ0v) is 14.7. The van der Waals surface area contributed by atoms with Crippen molar-refractivity contribution in [2.45, 2.75) is 12.5 Å². The smallest absolute Gasteiger partial charge is 1.00 e. The number of phenols is 3. The molecular weight excluding hydrogens is 328 g/mol. The van der Waals surface area contributed by atoms with Crippen molar-refractivity contribution < 1.29 is 32.4 Å². The van der Waals surface area contributed by atoms with Gasteiger partial charge < -0.3 is 27.6 Å². The quantitative estimate of drug-likeness (QED) is 0.724. The summed E-state index contributed by atoms with van der Waals surface area (Å²) in [6.07, 6.45) is -0.546. The number of methoxy groups -OCH3 is 1. The van der Waals surface area contributed by atoms with Gasteiger partial charge >= 0.3 is 37.7 Å². The van der Waals surface area contributed by atoms with Crippen LogP contribution >= 0.6 is 0 Å². The van der Waals surface area contributed by atoms with Crippen molar-refractivity contribution in [1.29, 1.82) is 0 Å². The van der Waals surface area contributed by atoms with Gasteiger partial charge in [0.05, 0.1) is 13.5 Å². The second-order valence-electron chi connectivity index (χ2n) is 5.00. The van der Waals surface area contributed by atoms with Gasteiger partial charge in [-0.25, -0.2) is 0 Å². The van der Waals surface area contributed by atoms with Gasteiger partial charge in [-0.1, -0.05) is 6.07 Å². The Kier molecular flexibility index (Phi) is 5.29. The first-order valence-corrected chi connectivity index (χ1v) is 6.62. The van der Waals surface area contributed by atoms with Crippen LogP contribution in [0.2, 0.25) is 0 Å². The minimum absolute atomic E-state index is 0. The third-order valence-electron chi connectivity index (χ3n) is 3.56. The van der Waals surface area contributed by atoms with Gasteiger partial charge in [0.2, 0.25) is 0 Å². The predicted molar refractivity (Wildman–Crippen MR) is 84.7 cm³/mol. The number of aromatic hydroxyl groups is 3. The van der Waals surface area contributed by atoms with Crippen molar-refractivity contribution in [3.05, 3.63) is 41.5 Å². The van der Waals surface area contributed by atoms with Crippen molar-refractivity contribution >= 4 is 43.5 Å². The SMILES string of the molecule is COc1cc([C@@H]2CC(=O)c3c(O)cc(O)cc3O2)ccc1O.[Ca+2].[H-].[H-]. The summed E-state index contributed by atoms with van der Waals surface area (Å²) in [7, 11) is 1.43. The zero-order valence-electron chi connectivity index (χ0n) is 14.4. The first-order valence-electron chi connectivity index (χ1n) is 6.62. The molecule has 23 heavy (non-hydrogen) atoms. The fourth-order valence-electron chi connectivity index (χ4n) is 2.51. The first kappa shape index (κ1) is 17.7. The van der Waals surface area contributed by atoms with Crippen molar-refractivity contribution in [2.24, 2.45) is 0 Å². The molecular formula is C16H16CaO6. The van der Waals surface area contributed by atoms with E-state index in [1.54, 1.807) is 12.1 Å². The predicted octanol–water partition coefficient (Wildman–Crippen LogP) is 2.36. The van der Waals surface area contributed by atoms with Crippen LogP contribution in [0, 0.1) is 0 Å². The maximum Gasteiger partial charge on any atom is 2.00 e. The summed E-state index contributed by atoms with van der Waals surface area (Å²) >= 11 is 0. The molecule has 1 heterocycles. The molecule has 0 fully saturated rings. The van der Waals surface area contributed by atoms with Gasteiger partial charge in [-0.15, -0.1) is 0 Å². The third-order valence-corrected chi connectivity index (χ3v) is 3.56. The Labute approximate surface area is 165 Å². The molecule has 6 nitrogen and oxygen atoms in total. The average molecular weight is 344 g/mol. The second-order valence-corrected chi connectivity index (χ2v) is 5.00. The zero-order chi connectivity index (χ0) is 15.9. The van der Waals surface area contributed by atoms with Gasteiger partial charge in [0, 0.05) is 12.1 Å². The van der Waals surface area contributed by atoms with E-state index in [9.17, 15) is 20.1 Å². The summed E-state index contributed by atoms with van der Waals surface area (Å²) in [5.41, 5.74) is 0.719. The van der Waals surface area contributed by atoms with Crippen LogP contribution < -0.4 is 9.47 Å². The van der Waals surface area contributed by atoms with Crippen molar-refractivity contribution in [1.82, 2.24) is 0 Å². The first-order chi connectivity index (χ1) is 10.5. The Morgan fingerprint density at radius 2 is 1.91 bits per heavy atom. The molecule has 0 amide bonds. The molecule has 1 aliphatic rings. The number of carbonyl (C=O) groups excluding carboxylic acids is 1. The van der Waals surface area contributed by atoms with E-state index in [2.05, 4.69) is 0 Å². The number of benzene rings is 2. The largest absolute Gasteiger partial charge is 2.00 e. The van der Waals surface area contributed by atoms with E-state index in [0.29, 0.717) is 5.56 Å². The Morgan fingerprint density at radius 1 is 1.17 bits per heavy atom. The maximum absolute atomic E-state index is 12.2. The molecule has 7 heteroatoms. The van der Waals surface area contributed by atoms with Crippen LogP contribution in [0.15, 0.2) is 30.3 Å². The number of ketones is 1. The van der Waals surface area contributed by atoms with Crippen molar-refractivity contribution in [3.63, 3.8) is 0 Å². The van der Waals surface area contributed by atoms with E-state index in [0.717, 1.165) is 6.07 Å². The van der Waals surface area contributed by atoms with Crippen LogP contribution in [0.3, 0.4) is 0 Å². The summed E-state index contributed by atoms with van der Waals surface area (Å²) in [6, 6.07) is 7.06. The standard InChI is InChI=1S/C16H14O6.Ca.2H/c1-21-14-4-8(2-3-10(14)18)13-7-12(20)16-11(19)5-9(17)6-15(16)22-13;;;/h2-6,13,17-19H,7H2,1H3;;;/q;+2;2*-1/t13-;;;/m0.../s1. The van der Waals surface area contributed by atoms with E-state index >= 15 is 0 Å². The van der Waals surface area contributed by atoms with Gasteiger partial charge in [-0.3, -0.25) is 4.79 Å². The molecule has 0 saturated heterocycles. The number of hydrogen-bond acceptors (Lipinski definition) is 6. The summed E-state index contributed by atoms with van der Waals surface area (Å²) in [5.74, 6) is -0.376. The molecule has 0 aliphatic carbocycles. The van der Waals surface area contributed by atoms with Crippen molar-refractivity contribution in [2.75, 3.05) is 7.11 Å². The molecule has 2 aromatic carbocycles. The Morgan fingerprint density at radius 3 is 2.61 bits per heavy atom. The number of rotatable bonds is 2. The van der Waals surface area contributed by atoms with Crippen LogP contribution in [0.1, 0.15) is 31.3 Å². The van der Waals surface area contributed by atoms with E-state index in [4.69, 9.17) is 9.47 Å². The fraction of sp³-hybridized carbons (Fsp3) is 0.188. The van der Waals surface area contributed by atoms with Crippen LogP contribution in [-0.2, 0) is 0 Å². The van der Waals surface area contributed by atoms with Gasteiger partial charge in [-0.05, 0) is 17.7 Å². The Balaban J connectivity index is 0.00000192. The van der Waals surface area contributed by atoms with Gasteiger partial charge in [0.15, 0.2) is 17.3 Å². The average Bonchev–Trinajstić information content (AvgIpc) is 2.46. The molecule has 1 aliphatic heterocycles. The normalized spacial score (nSPS) is 16.0. The number of Topliss-reactive ketones (excluding diaryl/α,β-unsaturated/α-hetero) is 1. The Bertz CT molecular complexity index is 769. The molecule has 118 valence electrons. The number of carbonyl (C=O) groups is 1. The van der Waals surface area contributed by atoms with Crippen LogP contribution in [0.4, 0.5) is 0 Å². The third kappa shape index (κ3) is 3.34. The molecule has 0 aromatic heterocycles. The number of hydrogen-bond donors (Lipinski definition) is 3. The topological polar surface area (TPSA) is 96.2 Å². The number of fused-ring (bicyclic) bond motifs is 1. The molecule has 0 unspecified atom stereocenters. The van der Waals surface area contributed by atoms with Crippen LogP contribution in [-0.4, -0.2) is 66.0 Å². The molecule has 3 N–H and O–H groups in total. The van der Waals surface area contributed by atoms with E-state index in [1.807, 2.05) is 0 Å². The molecule has 3 rings (SSSR count). The van der Waals surface area contributed by atoms with Gasteiger partial charge in [0.1, 0.15) is 28.9 Å². The summed E-state index contributed by atoms with van der Waals surface area (Å²) < 4.78 is 10.8. The van der Waals surface area contributed by atoms with Gasteiger partial charge in [-0.2, -0.15) is 0 Å². The van der Waals surface area contributed by atoms with Crippen molar-refractivity contribution in [3.8, 4) is 28.7 Å². The summed E-state index contributed by atoms with van der Waals surface area (Å²) in [5, 5.41) is 28.9. The molecule has 2 aromatic rings. The van der Waals surface area contributed by atoms with Crippen LogP contribution in [0.25, 0.3) is 0 Å². The number of ether oxygens (including phenoxy) is 2. The minimum atomic E-state index is -0.587. The Hall–Kier alpha value is -1.63. The second kappa shape index (κ2) is 6.86. The van der Waals surface area contributed by atoms with Crippen LogP contribution in [0.5, 0.6) is 28.7 Å². The fourth-order valence-corrected chi connectivity index (χ4v) is 2.51. The minimum Gasteiger partial charge on any atom is -1.00 e. The molecule has 0 saturated carbocycles. The van der Waals surface area contributed by atoms with E-state index in [-0.39, 0.29) is 87.1 Å².